The second-order valence-corrected chi connectivity index (χ2v) is 7.39. The number of benzene rings is 1. The van der Waals surface area contributed by atoms with Crippen molar-refractivity contribution in [2.45, 2.75) is 6.92 Å². The maximum atomic E-state index is 12.0. The minimum absolute atomic E-state index is 0.218. The van der Waals surface area contributed by atoms with Crippen molar-refractivity contribution in [3.63, 3.8) is 0 Å². The third kappa shape index (κ3) is 6.78. The van der Waals surface area contributed by atoms with Crippen molar-refractivity contribution >= 4 is 27.3 Å². The Bertz CT molecular complexity index is 699. The third-order valence-electron chi connectivity index (χ3n) is 3.08. The molecule has 1 aromatic carbocycles. The maximum absolute atomic E-state index is 12.0. The lowest BCUT2D eigenvalue weighted by atomic mass is 10.2. The summed E-state index contributed by atoms with van der Waals surface area (Å²) in [6.45, 7) is 9.38. The number of hydrogen-bond donors (Lipinski definition) is 1. The summed E-state index contributed by atoms with van der Waals surface area (Å²) in [6, 6.07) is 6.97. The number of hydrogen-bond acceptors (Lipinski definition) is 4. The molecule has 7 heteroatoms. The monoisotopic (exact) mass is 350 g/mol. The number of sulfone groups is 1. The fourth-order valence-corrected chi connectivity index (χ4v) is 3.09. The molecule has 6 nitrogen and oxygen atoms in total. The van der Waals surface area contributed by atoms with E-state index in [1.165, 1.54) is 17.1 Å². The van der Waals surface area contributed by atoms with Crippen LogP contribution in [0.15, 0.2) is 49.6 Å². The number of aryl methyl sites for hydroxylation is 1. The van der Waals surface area contributed by atoms with Gasteiger partial charge in [0.25, 0.3) is 0 Å². The molecular formula is C17H22N2O4S. The SMILES string of the molecule is C=CCN(CC=C)C(=O)CS(=O)(=O)CC(=O)Nc1ccc(C)cc1. The van der Waals surface area contributed by atoms with Crippen LogP contribution in [0.5, 0.6) is 0 Å². The molecule has 0 spiro atoms. The van der Waals surface area contributed by atoms with E-state index in [0.717, 1.165) is 5.56 Å². The molecule has 0 aliphatic rings. The van der Waals surface area contributed by atoms with E-state index < -0.39 is 33.2 Å². The average Bonchev–Trinajstić information content (AvgIpc) is 2.48. The molecule has 1 aromatic rings. The number of carbonyl (C=O) groups is 2. The van der Waals surface area contributed by atoms with Gasteiger partial charge in [0.05, 0.1) is 0 Å². The van der Waals surface area contributed by atoms with Crippen LogP contribution in [0.25, 0.3) is 0 Å². The van der Waals surface area contributed by atoms with Gasteiger partial charge in [-0.3, -0.25) is 9.59 Å². The highest BCUT2D eigenvalue weighted by atomic mass is 32.2. The first-order chi connectivity index (χ1) is 11.3. The van der Waals surface area contributed by atoms with Gasteiger partial charge in [-0.25, -0.2) is 8.42 Å². The van der Waals surface area contributed by atoms with E-state index in [0.29, 0.717) is 5.69 Å². The highest BCUT2D eigenvalue weighted by Crippen LogP contribution is 2.09. The number of nitrogens with one attached hydrogen (secondary N) is 1. The fraction of sp³-hybridized carbons (Fsp3) is 0.294. The lowest BCUT2D eigenvalue weighted by molar-refractivity contribution is -0.127. The molecule has 2 amide bonds. The van der Waals surface area contributed by atoms with Gasteiger partial charge in [0.15, 0.2) is 9.84 Å². The second kappa shape index (κ2) is 9.02. The zero-order chi connectivity index (χ0) is 18.2. The predicted octanol–water partition coefficient (Wildman–Crippen LogP) is 1.55. The maximum Gasteiger partial charge on any atom is 0.239 e. The molecule has 0 fully saturated rings. The largest absolute Gasteiger partial charge is 0.334 e. The molecule has 0 saturated carbocycles. The van der Waals surface area contributed by atoms with Gasteiger partial charge in [0, 0.05) is 18.8 Å². The van der Waals surface area contributed by atoms with Crippen LogP contribution in [0.2, 0.25) is 0 Å². The van der Waals surface area contributed by atoms with Crippen molar-refractivity contribution in [2.75, 3.05) is 29.9 Å². The molecule has 1 N–H and O–H groups in total. The summed E-state index contributed by atoms with van der Waals surface area (Å²) in [7, 11) is -3.86. The Kier molecular flexibility index (Phi) is 7.38. The van der Waals surface area contributed by atoms with Crippen molar-refractivity contribution < 1.29 is 18.0 Å². The standard InChI is InChI=1S/C17H22N2O4S/c1-4-10-19(11-5-2)17(21)13-24(22,23)12-16(20)18-15-8-6-14(3)7-9-15/h4-9H,1-2,10-13H2,3H3,(H,18,20). The summed E-state index contributed by atoms with van der Waals surface area (Å²) >= 11 is 0. The Balaban J connectivity index is 2.65. The summed E-state index contributed by atoms with van der Waals surface area (Å²) in [5, 5.41) is 2.50. The Morgan fingerprint density at radius 2 is 1.62 bits per heavy atom. The van der Waals surface area contributed by atoms with Crippen LogP contribution in [-0.2, 0) is 19.4 Å². The molecule has 0 saturated heterocycles. The molecular weight excluding hydrogens is 328 g/mol. The average molecular weight is 350 g/mol. The zero-order valence-electron chi connectivity index (χ0n) is 13.7. The number of rotatable bonds is 9. The zero-order valence-corrected chi connectivity index (χ0v) is 14.5. The molecule has 0 bridgehead atoms. The molecule has 130 valence electrons. The lowest BCUT2D eigenvalue weighted by Gasteiger charge is -2.19. The highest BCUT2D eigenvalue weighted by Gasteiger charge is 2.23. The fourth-order valence-electron chi connectivity index (χ4n) is 1.95. The van der Waals surface area contributed by atoms with Crippen molar-refractivity contribution in [1.29, 1.82) is 0 Å². The minimum atomic E-state index is -3.86. The molecule has 1 rings (SSSR count). The first-order valence-electron chi connectivity index (χ1n) is 7.34. The number of carbonyl (C=O) groups excluding carboxylic acids is 2. The van der Waals surface area contributed by atoms with E-state index in [9.17, 15) is 18.0 Å². The third-order valence-corrected chi connectivity index (χ3v) is 4.47. The van der Waals surface area contributed by atoms with Crippen molar-refractivity contribution in [1.82, 2.24) is 4.90 Å². The van der Waals surface area contributed by atoms with Gasteiger partial charge in [-0.05, 0) is 19.1 Å². The van der Waals surface area contributed by atoms with Crippen molar-refractivity contribution in [3.05, 3.63) is 55.1 Å². The summed E-state index contributed by atoms with van der Waals surface area (Å²) in [6.07, 6.45) is 3.00. The Morgan fingerprint density at radius 1 is 1.08 bits per heavy atom. The molecule has 0 aliphatic heterocycles. The predicted molar refractivity (Wildman–Crippen MR) is 95.4 cm³/mol. The number of anilines is 1. The van der Waals surface area contributed by atoms with E-state index in [4.69, 9.17) is 0 Å². The lowest BCUT2D eigenvalue weighted by Crippen LogP contribution is -2.38. The van der Waals surface area contributed by atoms with Crippen LogP contribution >= 0.6 is 0 Å². The molecule has 0 atom stereocenters. The Hall–Kier alpha value is -2.41. The van der Waals surface area contributed by atoms with E-state index >= 15 is 0 Å². The van der Waals surface area contributed by atoms with Gasteiger partial charge in [-0.15, -0.1) is 13.2 Å². The normalized spacial score (nSPS) is 10.7. The summed E-state index contributed by atoms with van der Waals surface area (Å²) in [5.41, 5.74) is 1.53. The van der Waals surface area contributed by atoms with Gasteiger partial charge in [-0.1, -0.05) is 29.8 Å². The molecule has 0 radical (unpaired) electrons. The van der Waals surface area contributed by atoms with Crippen LogP contribution in [-0.4, -0.2) is 49.7 Å². The van der Waals surface area contributed by atoms with Gasteiger partial charge in [0.2, 0.25) is 11.8 Å². The molecule has 0 aromatic heterocycles. The molecule has 0 aliphatic carbocycles. The summed E-state index contributed by atoms with van der Waals surface area (Å²) in [5.74, 6) is -2.73. The van der Waals surface area contributed by atoms with Crippen molar-refractivity contribution in [2.24, 2.45) is 0 Å². The Morgan fingerprint density at radius 3 is 2.12 bits per heavy atom. The topological polar surface area (TPSA) is 83.6 Å². The number of amides is 2. The van der Waals surface area contributed by atoms with Gasteiger partial charge in [0.1, 0.15) is 11.5 Å². The first kappa shape index (κ1) is 19.6. The van der Waals surface area contributed by atoms with E-state index in [-0.39, 0.29) is 13.1 Å². The van der Waals surface area contributed by atoms with Crippen LogP contribution in [0, 0.1) is 6.92 Å². The van der Waals surface area contributed by atoms with Crippen LogP contribution in [0.1, 0.15) is 5.56 Å². The molecule has 24 heavy (non-hydrogen) atoms. The van der Waals surface area contributed by atoms with Crippen LogP contribution < -0.4 is 5.32 Å². The first-order valence-corrected chi connectivity index (χ1v) is 9.16. The minimum Gasteiger partial charge on any atom is -0.334 e. The van der Waals surface area contributed by atoms with E-state index in [1.807, 2.05) is 6.92 Å². The molecule has 0 unspecified atom stereocenters. The summed E-state index contributed by atoms with van der Waals surface area (Å²) in [4.78, 5) is 25.2. The summed E-state index contributed by atoms with van der Waals surface area (Å²) < 4.78 is 24.1. The number of nitrogens with zero attached hydrogens (tertiary/aromatic N) is 1. The van der Waals surface area contributed by atoms with Gasteiger partial charge in [-0.2, -0.15) is 0 Å². The van der Waals surface area contributed by atoms with Crippen LogP contribution in [0.3, 0.4) is 0 Å². The smallest absolute Gasteiger partial charge is 0.239 e. The molecule has 0 heterocycles. The van der Waals surface area contributed by atoms with Crippen LogP contribution in [0.4, 0.5) is 5.69 Å². The van der Waals surface area contributed by atoms with Gasteiger partial charge < -0.3 is 10.2 Å². The quantitative estimate of drug-likeness (QED) is 0.685. The van der Waals surface area contributed by atoms with Gasteiger partial charge >= 0.3 is 0 Å². The second-order valence-electron chi connectivity index (χ2n) is 5.32. The van der Waals surface area contributed by atoms with E-state index in [1.54, 1.807) is 24.3 Å². The highest BCUT2D eigenvalue weighted by molar-refractivity contribution is 7.92. The Labute approximate surface area is 142 Å². The van der Waals surface area contributed by atoms with Crippen molar-refractivity contribution in [3.8, 4) is 0 Å². The van der Waals surface area contributed by atoms with E-state index in [2.05, 4.69) is 18.5 Å².